The lowest BCUT2D eigenvalue weighted by Crippen LogP contribution is -2.34. The number of thiocarbonyl (C=S) groups is 1. The number of hydrogen-bond acceptors (Lipinski definition) is 6. The second-order valence-corrected chi connectivity index (χ2v) is 6.75. The number of aliphatic hydroxyl groups is 1. The van der Waals surface area contributed by atoms with Gasteiger partial charge in [0.05, 0.1) is 11.5 Å². The van der Waals surface area contributed by atoms with Crippen LogP contribution in [0.25, 0.3) is 6.08 Å². The number of carbonyl (C=O) groups excluding carboxylic acids is 2. The summed E-state index contributed by atoms with van der Waals surface area (Å²) in [6.07, 6.45) is 1.47. The molecule has 10 heteroatoms. The van der Waals surface area contributed by atoms with Gasteiger partial charge in [0.25, 0.3) is 5.91 Å². The molecule has 0 aromatic heterocycles. The third-order valence-electron chi connectivity index (χ3n) is 3.29. The van der Waals surface area contributed by atoms with Crippen molar-refractivity contribution in [3.05, 3.63) is 34.7 Å². The molecule has 26 heavy (non-hydrogen) atoms. The first kappa shape index (κ1) is 20.3. The highest BCUT2D eigenvalue weighted by molar-refractivity contribution is 8.26. The minimum absolute atomic E-state index is 0.0325. The number of nitrogens with one attached hydrogen (secondary N) is 1. The highest BCUT2D eigenvalue weighted by Crippen LogP contribution is 2.34. The van der Waals surface area contributed by atoms with Gasteiger partial charge in [0.15, 0.2) is 0 Å². The molecule has 2 N–H and O–H groups in total. The van der Waals surface area contributed by atoms with Gasteiger partial charge in [0.1, 0.15) is 10.1 Å². The molecule has 2 amide bonds. The van der Waals surface area contributed by atoms with Crippen molar-refractivity contribution in [1.29, 1.82) is 0 Å². The Kier molecular flexibility index (Phi) is 7.49. The lowest BCUT2D eigenvalue weighted by Gasteiger charge is -2.14. The fraction of sp³-hybridized carbons (Fsp3) is 0.312. The summed E-state index contributed by atoms with van der Waals surface area (Å²) in [5.74, 6) is -0.759. The van der Waals surface area contributed by atoms with E-state index in [1.807, 2.05) is 0 Å². The molecule has 0 spiro atoms. The number of benzene rings is 1. The molecule has 2 rings (SSSR count). The van der Waals surface area contributed by atoms with E-state index < -0.39 is 12.5 Å². The summed E-state index contributed by atoms with van der Waals surface area (Å²) in [6.45, 7) is -2.92. The van der Waals surface area contributed by atoms with Crippen LogP contribution in [0.3, 0.4) is 0 Å². The van der Waals surface area contributed by atoms with Crippen LogP contribution in [0.5, 0.6) is 5.75 Å². The van der Waals surface area contributed by atoms with E-state index in [0.29, 0.717) is 5.56 Å². The second-order valence-electron chi connectivity index (χ2n) is 5.07. The van der Waals surface area contributed by atoms with E-state index in [-0.39, 0.29) is 47.0 Å². The zero-order valence-corrected chi connectivity index (χ0v) is 15.1. The quantitative estimate of drug-likeness (QED) is 0.512. The van der Waals surface area contributed by atoms with Gasteiger partial charge in [0, 0.05) is 25.1 Å². The average molecular weight is 402 g/mol. The fourth-order valence-corrected chi connectivity index (χ4v) is 3.43. The third kappa shape index (κ3) is 5.48. The van der Waals surface area contributed by atoms with Gasteiger partial charge < -0.3 is 15.2 Å². The Labute approximate surface area is 158 Å². The number of hydrogen-bond donors (Lipinski definition) is 2. The molecule has 1 saturated heterocycles. The number of ether oxygens (including phenoxy) is 1. The Morgan fingerprint density at radius 1 is 1.42 bits per heavy atom. The smallest absolute Gasteiger partial charge is 0.387 e. The first-order chi connectivity index (χ1) is 12.4. The third-order valence-corrected chi connectivity index (χ3v) is 4.67. The molecule has 1 aromatic rings. The minimum atomic E-state index is -2.98. The predicted molar refractivity (Wildman–Crippen MR) is 97.7 cm³/mol. The fourth-order valence-electron chi connectivity index (χ4n) is 2.13. The SMILES string of the molecule is O=C(CCN1C(=O)/C(=C/c2ccccc2OC(F)F)SC1=S)NCCO. The number of rotatable bonds is 8. The lowest BCUT2D eigenvalue weighted by molar-refractivity contribution is -0.123. The Balaban J connectivity index is 2.08. The molecule has 0 radical (unpaired) electrons. The first-order valence-electron chi connectivity index (χ1n) is 7.59. The normalized spacial score (nSPS) is 15.8. The van der Waals surface area contributed by atoms with E-state index >= 15 is 0 Å². The standard InChI is InChI=1S/C16H16F2N2O4S2/c17-15(18)24-11-4-2-1-3-10(11)9-12-14(23)20(16(25)26-12)7-5-13(22)19-6-8-21/h1-4,9,15,21H,5-8H2,(H,19,22)/b12-9-. The molecule has 1 aromatic carbocycles. The van der Waals surface area contributed by atoms with Gasteiger partial charge in [-0.2, -0.15) is 8.78 Å². The van der Waals surface area contributed by atoms with Gasteiger partial charge in [-0.05, 0) is 12.1 Å². The van der Waals surface area contributed by atoms with Crippen LogP contribution in [-0.2, 0) is 9.59 Å². The van der Waals surface area contributed by atoms with E-state index in [0.717, 1.165) is 11.8 Å². The number of para-hydroxylation sites is 1. The Hall–Kier alpha value is -2.04. The molecule has 1 fully saturated rings. The van der Waals surface area contributed by atoms with Gasteiger partial charge >= 0.3 is 6.61 Å². The number of aliphatic hydroxyl groups excluding tert-OH is 1. The van der Waals surface area contributed by atoms with Crippen LogP contribution in [0.4, 0.5) is 8.78 Å². The van der Waals surface area contributed by atoms with Crippen LogP contribution >= 0.6 is 24.0 Å². The van der Waals surface area contributed by atoms with E-state index in [1.54, 1.807) is 18.2 Å². The molecular weight excluding hydrogens is 386 g/mol. The van der Waals surface area contributed by atoms with Crippen LogP contribution < -0.4 is 10.1 Å². The Bertz CT molecular complexity index is 728. The Morgan fingerprint density at radius 2 is 2.15 bits per heavy atom. The molecule has 0 atom stereocenters. The van der Waals surface area contributed by atoms with Crippen LogP contribution in [0.1, 0.15) is 12.0 Å². The molecule has 0 unspecified atom stereocenters. The summed E-state index contributed by atoms with van der Waals surface area (Å²) in [5, 5.41) is 11.1. The largest absolute Gasteiger partial charge is 0.434 e. The number of amides is 2. The maximum absolute atomic E-state index is 12.5. The molecule has 6 nitrogen and oxygen atoms in total. The van der Waals surface area contributed by atoms with Crippen molar-refractivity contribution in [1.82, 2.24) is 10.2 Å². The monoisotopic (exact) mass is 402 g/mol. The van der Waals surface area contributed by atoms with Crippen molar-refractivity contribution in [2.75, 3.05) is 19.7 Å². The van der Waals surface area contributed by atoms with Crippen molar-refractivity contribution in [2.24, 2.45) is 0 Å². The molecular formula is C16H16F2N2O4S2. The summed E-state index contributed by atoms with van der Waals surface area (Å²) in [7, 11) is 0. The summed E-state index contributed by atoms with van der Waals surface area (Å²) in [5.41, 5.74) is 0.328. The number of alkyl halides is 2. The van der Waals surface area contributed by atoms with E-state index in [2.05, 4.69) is 10.1 Å². The molecule has 1 aliphatic rings. The summed E-state index contributed by atoms with van der Waals surface area (Å²) in [4.78, 5) is 25.6. The van der Waals surface area contributed by atoms with Gasteiger partial charge in [-0.1, -0.05) is 42.2 Å². The first-order valence-corrected chi connectivity index (χ1v) is 8.81. The minimum Gasteiger partial charge on any atom is -0.434 e. The number of thioether (sulfide) groups is 1. The maximum atomic E-state index is 12.5. The van der Waals surface area contributed by atoms with E-state index in [4.69, 9.17) is 17.3 Å². The van der Waals surface area contributed by atoms with Gasteiger partial charge in [-0.3, -0.25) is 14.5 Å². The van der Waals surface area contributed by atoms with Crippen LogP contribution in [0.2, 0.25) is 0 Å². The van der Waals surface area contributed by atoms with Crippen LogP contribution in [0, 0.1) is 0 Å². The van der Waals surface area contributed by atoms with Crippen molar-refractivity contribution in [3.63, 3.8) is 0 Å². The molecule has 1 heterocycles. The predicted octanol–water partition coefficient (Wildman–Crippen LogP) is 1.99. The van der Waals surface area contributed by atoms with Crippen molar-refractivity contribution < 1.29 is 28.2 Å². The highest BCUT2D eigenvalue weighted by Gasteiger charge is 2.32. The van der Waals surface area contributed by atoms with E-state index in [9.17, 15) is 18.4 Å². The number of nitrogens with zero attached hydrogens (tertiary/aromatic N) is 1. The zero-order valence-electron chi connectivity index (χ0n) is 13.5. The number of carbonyl (C=O) groups is 2. The van der Waals surface area contributed by atoms with Gasteiger partial charge in [-0.25, -0.2) is 0 Å². The molecule has 140 valence electrons. The van der Waals surface area contributed by atoms with Crippen molar-refractivity contribution >= 4 is 46.2 Å². The summed E-state index contributed by atoms with van der Waals surface area (Å²) in [6, 6.07) is 6.11. The maximum Gasteiger partial charge on any atom is 0.387 e. The average Bonchev–Trinajstić information content (AvgIpc) is 2.86. The second kappa shape index (κ2) is 9.60. The zero-order chi connectivity index (χ0) is 19.1. The van der Waals surface area contributed by atoms with Crippen molar-refractivity contribution in [2.45, 2.75) is 13.0 Å². The van der Waals surface area contributed by atoms with Gasteiger partial charge in [-0.15, -0.1) is 0 Å². The summed E-state index contributed by atoms with van der Waals surface area (Å²) < 4.78 is 29.7. The van der Waals surface area contributed by atoms with Crippen molar-refractivity contribution in [3.8, 4) is 5.75 Å². The van der Waals surface area contributed by atoms with Gasteiger partial charge in [0.2, 0.25) is 5.91 Å². The number of halogens is 2. The molecule has 0 aliphatic carbocycles. The lowest BCUT2D eigenvalue weighted by atomic mass is 10.2. The molecule has 0 bridgehead atoms. The molecule has 0 saturated carbocycles. The topological polar surface area (TPSA) is 78.9 Å². The summed E-state index contributed by atoms with van der Waals surface area (Å²) >= 11 is 6.19. The van der Waals surface area contributed by atoms with Crippen LogP contribution in [0.15, 0.2) is 29.2 Å². The Morgan fingerprint density at radius 3 is 2.85 bits per heavy atom. The van der Waals surface area contributed by atoms with E-state index in [1.165, 1.54) is 17.0 Å². The van der Waals surface area contributed by atoms with Crippen LogP contribution in [-0.4, -0.2) is 52.4 Å². The molecule has 1 aliphatic heterocycles. The highest BCUT2D eigenvalue weighted by atomic mass is 32.2.